The molecule has 2 rings (SSSR count). The quantitative estimate of drug-likeness (QED) is 0.260. The molecule has 1 aliphatic heterocycles. The lowest BCUT2D eigenvalue weighted by Gasteiger charge is -2.02. The monoisotopic (exact) mass is 393 g/mol. The van der Waals surface area contributed by atoms with Gasteiger partial charge in [-0.1, -0.05) is 0 Å². The summed E-state index contributed by atoms with van der Waals surface area (Å²) in [7, 11) is -0.756. The first kappa shape index (κ1) is 21.3. The number of likely N-dealkylation sites (N-methyl/N-ethyl adjacent to an activating group) is 1. The number of hydrogen-bond donors (Lipinski definition) is 1. The molecule has 13 nitrogen and oxygen atoms in total. The van der Waals surface area contributed by atoms with E-state index >= 15 is 0 Å². The summed E-state index contributed by atoms with van der Waals surface area (Å²) in [6.07, 6.45) is 0. The highest BCUT2D eigenvalue weighted by Gasteiger charge is 2.53. The molecule has 0 radical (unpaired) electrons. The number of benzene rings is 1. The normalized spacial score (nSPS) is 20.5. The molecule has 14 heteroatoms. The van der Waals surface area contributed by atoms with E-state index in [4.69, 9.17) is 4.55 Å². The maximum atomic E-state index is 10.9. The number of non-ortho nitro benzene ring substituents is 1. The maximum Gasteiger partial charge on any atom is 0.308 e. The van der Waals surface area contributed by atoms with Gasteiger partial charge in [-0.05, 0) is 13.8 Å². The zero-order valence-electron chi connectivity index (χ0n) is 14.2. The number of nitro benzene ring substituents is 3. The standard InChI is InChI=1S/C6H3N3O9S.C6H14N/c10-7(11)3-1-4(8(12)13)6(19(16,17)18)5(2-3)9(14)15;1-5-6(2)7(5,3)4/h1-2H,(H,16,17,18);5-6H,1-4H3/q;+1. The Kier molecular flexibility index (Phi) is 5.65. The Labute approximate surface area is 147 Å². The van der Waals surface area contributed by atoms with Crippen LogP contribution in [0.3, 0.4) is 0 Å². The molecule has 26 heavy (non-hydrogen) atoms. The molecular weight excluding hydrogens is 376 g/mol. The van der Waals surface area contributed by atoms with Crippen LogP contribution in [0.15, 0.2) is 17.0 Å². The lowest BCUT2D eigenvalue weighted by molar-refractivity contribution is -0.780. The Balaban J connectivity index is 0.000000401. The average Bonchev–Trinajstić information content (AvgIpc) is 2.93. The summed E-state index contributed by atoms with van der Waals surface area (Å²) in [6, 6.07) is 2.21. The minimum atomic E-state index is -5.30. The van der Waals surface area contributed by atoms with Gasteiger partial charge < -0.3 is 4.48 Å². The number of quaternary nitrogens is 1. The molecule has 0 bridgehead atoms. The highest BCUT2D eigenvalue weighted by atomic mass is 32.2. The van der Waals surface area contributed by atoms with Gasteiger partial charge >= 0.3 is 21.5 Å². The van der Waals surface area contributed by atoms with Gasteiger partial charge in [0.15, 0.2) is 0 Å². The molecule has 1 aromatic carbocycles. The number of rotatable bonds is 4. The van der Waals surface area contributed by atoms with Gasteiger partial charge in [0, 0.05) is 0 Å². The Morgan fingerprint density at radius 2 is 1.23 bits per heavy atom. The van der Waals surface area contributed by atoms with Crippen LogP contribution in [-0.2, 0) is 10.1 Å². The second kappa shape index (κ2) is 6.89. The highest BCUT2D eigenvalue weighted by Crippen LogP contribution is 2.36. The van der Waals surface area contributed by atoms with Gasteiger partial charge in [0.1, 0.15) is 12.1 Å². The first-order valence-corrected chi connectivity index (χ1v) is 8.48. The molecule has 0 spiro atoms. The molecule has 0 aliphatic carbocycles. The lowest BCUT2D eigenvalue weighted by atomic mass is 10.2. The molecule has 1 N–H and O–H groups in total. The third kappa shape index (κ3) is 4.27. The van der Waals surface area contributed by atoms with Crippen molar-refractivity contribution in [2.24, 2.45) is 0 Å². The Hall–Kier alpha value is -2.71. The summed E-state index contributed by atoms with van der Waals surface area (Å²) in [5.74, 6) is 0. The fourth-order valence-corrected chi connectivity index (χ4v) is 3.07. The lowest BCUT2D eigenvalue weighted by Crippen LogP contribution is -2.16. The third-order valence-corrected chi connectivity index (χ3v) is 5.54. The summed E-state index contributed by atoms with van der Waals surface area (Å²) < 4.78 is 31.9. The van der Waals surface area contributed by atoms with Gasteiger partial charge in [0.25, 0.3) is 5.69 Å². The molecule has 0 aromatic heterocycles. The average molecular weight is 393 g/mol. The minimum Gasteiger partial charge on any atom is -0.314 e. The molecular formula is C12H17N4O9S+. The second-order valence-corrected chi connectivity index (χ2v) is 7.53. The molecule has 1 fully saturated rings. The molecule has 0 amide bonds. The predicted molar refractivity (Wildman–Crippen MR) is 87.3 cm³/mol. The maximum absolute atomic E-state index is 10.9. The van der Waals surface area contributed by atoms with E-state index in [0.29, 0.717) is 0 Å². The second-order valence-electron chi connectivity index (χ2n) is 6.17. The van der Waals surface area contributed by atoms with Gasteiger partial charge in [-0.15, -0.1) is 0 Å². The van der Waals surface area contributed by atoms with Crippen LogP contribution < -0.4 is 0 Å². The van der Waals surface area contributed by atoms with E-state index < -0.39 is 46.8 Å². The van der Waals surface area contributed by atoms with Crippen molar-refractivity contribution in [2.75, 3.05) is 14.1 Å². The predicted octanol–water partition coefficient (Wildman–Crippen LogP) is 1.51. The molecule has 1 aliphatic rings. The van der Waals surface area contributed by atoms with Crippen LogP contribution in [0.4, 0.5) is 17.1 Å². The fraction of sp³-hybridized carbons (Fsp3) is 0.500. The van der Waals surface area contributed by atoms with Crippen molar-refractivity contribution in [1.82, 2.24) is 0 Å². The highest BCUT2D eigenvalue weighted by molar-refractivity contribution is 7.86. The number of nitro groups is 3. The molecule has 1 aromatic rings. The van der Waals surface area contributed by atoms with Gasteiger partial charge in [-0.3, -0.25) is 34.9 Å². The van der Waals surface area contributed by atoms with Crippen molar-refractivity contribution in [2.45, 2.75) is 30.8 Å². The third-order valence-electron chi connectivity index (χ3n) is 4.60. The molecule has 2 atom stereocenters. The van der Waals surface area contributed by atoms with Gasteiger partial charge in [0.2, 0.25) is 4.90 Å². The van der Waals surface area contributed by atoms with Crippen molar-refractivity contribution >= 4 is 27.2 Å². The summed E-state index contributed by atoms with van der Waals surface area (Å²) in [4.78, 5) is 26.1. The van der Waals surface area contributed by atoms with E-state index in [1.54, 1.807) is 0 Å². The fourth-order valence-electron chi connectivity index (χ4n) is 2.28. The van der Waals surface area contributed by atoms with Gasteiger partial charge in [0.05, 0.1) is 41.0 Å². The minimum absolute atomic E-state index is 0.204. The summed E-state index contributed by atoms with van der Waals surface area (Å²) in [5.41, 5.74) is -3.96. The number of hydrogen-bond acceptors (Lipinski definition) is 8. The van der Waals surface area contributed by atoms with Gasteiger partial charge in [-0.25, -0.2) is 0 Å². The molecule has 2 unspecified atom stereocenters. The van der Waals surface area contributed by atoms with Crippen LogP contribution in [0.2, 0.25) is 0 Å². The van der Waals surface area contributed by atoms with Crippen molar-refractivity contribution in [3.8, 4) is 0 Å². The van der Waals surface area contributed by atoms with Crippen LogP contribution >= 0.6 is 0 Å². The summed E-state index contributed by atoms with van der Waals surface area (Å²) in [6.45, 7) is 4.59. The van der Waals surface area contributed by atoms with Crippen molar-refractivity contribution in [3.05, 3.63) is 42.5 Å². The summed E-state index contributed by atoms with van der Waals surface area (Å²) in [5, 5.41) is 31.7. The van der Waals surface area contributed by atoms with Crippen LogP contribution in [-0.4, -0.2) is 58.4 Å². The largest absolute Gasteiger partial charge is 0.314 e. The molecule has 144 valence electrons. The molecule has 1 saturated heterocycles. The van der Waals surface area contributed by atoms with E-state index in [1.807, 2.05) is 0 Å². The first-order valence-electron chi connectivity index (χ1n) is 7.04. The zero-order valence-corrected chi connectivity index (χ0v) is 15.0. The van der Waals surface area contributed by atoms with Crippen molar-refractivity contribution < 1.29 is 32.2 Å². The van der Waals surface area contributed by atoms with Crippen LogP contribution in [0.1, 0.15) is 13.8 Å². The van der Waals surface area contributed by atoms with E-state index in [0.717, 1.165) is 12.1 Å². The van der Waals surface area contributed by atoms with Crippen LogP contribution in [0.5, 0.6) is 0 Å². The van der Waals surface area contributed by atoms with E-state index in [2.05, 4.69) is 27.9 Å². The Morgan fingerprint density at radius 3 is 1.38 bits per heavy atom. The van der Waals surface area contributed by atoms with Gasteiger partial charge in [-0.2, -0.15) is 8.42 Å². The number of nitrogens with zero attached hydrogens (tertiary/aromatic N) is 4. The van der Waals surface area contributed by atoms with E-state index in [9.17, 15) is 38.8 Å². The molecule has 0 saturated carbocycles. The summed E-state index contributed by atoms with van der Waals surface area (Å²) >= 11 is 0. The van der Waals surface area contributed by atoms with Crippen molar-refractivity contribution in [3.63, 3.8) is 0 Å². The Bertz CT molecular complexity index is 836. The zero-order chi connectivity index (χ0) is 20.6. The van der Waals surface area contributed by atoms with E-state index in [1.165, 1.54) is 4.48 Å². The topological polar surface area (TPSA) is 184 Å². The molecule has 1 heterocycles. The Morgan fingerprint density at radius 1 is 0.923 bits per heavy atom. The van der Waals surface area contributed by atoms with E-state index in [-0.39, 0.29) is 12.1 Å². The van der Waals surface area contributed by atoms with Crippen LogP contribution in [0, 0.1) is 30.3 Å². The first-order chi connectivity index (χ1) is 11.6. The van der Waals surface area contributed by atoms with Crippen molar-refractivity contribution in [1.29, 1.82) is 0 Å². The SMILES string of the molecule is CC1C(C)[N+]1(C)C.O=[N+]([O-])c1cc([N+](=O)[O-])c(S(=O)(=O)O)c([N+](=O)[O-])c1. The smallest absolute Gasteiger partial charge is 0.308 e. The van der Waals surface area contributed by atoms with Crippen LogP contribution in [0.25, 0.3) is 0 Å².